The molecule has 2 nitrogen and oxygen atoms in total. The number of aromatic nitrogens is 1. The van der Waals surface area contributed by atoms with Gasteiger partial charge in [0.2, 0.25) is 0 Å². The molecular weight excluding hydrogens is 472 g/mol. The maximum atomic E-state index is 9.46. The first-order valence-corrected chi connectivity index (χ1v) is 13.1. The van der Waals surface area contributed by atoms with E-state index < -0.39 is 5.41 Å². The third kappa shape index (κ3) is 3.60. The summed E-state index contributed by atoms with van der Waals surface area (Å²) in [5.41, 5.74) is 11.9. The van der Waals surface area contributed by atoms with Gasteiger partial charge in [-0.15, -0.1) is 0 Å². The van der Waals surface area contributed by atoms with E-state index in [1.54, 1.807) is 6.20 Å². The van der Waals surface area contributed by atoms with Gasteiger partial charge in [0, 0.05) is 18.0 Å². The molecular formula is C37H24N2. The summed E-state index contributed by atoms with van der Waals surface area (Å²) < 4.78 is 0. The molecule has 6 aromatic rings. The molecule has 0 amide bonds. The second-order valence-electron chi connectivity index (χ2n) is 9.94. The Bertz CT molecular complexity index is 1810. The summed E-state index contributed by atoms with van der Waals surface area (Å²) in [6, 6.07) is 49.9. The van der Waals surface area contributed by atoms with E-state index >= 15 is 0 Å². The zero-order valence-corrected chi connectivity index (χ0v) is 21.3. The molecule has 1 aliphatic rings. The summed E-state index contributed by atoms with van der Waals surface area (Å²) in [7, 11) is 0. The van der Waals surface area contributed by atoms with E-state index in [-0.39, 0.29) is 0 Å². The third-order valence-corrected chi connectivity index (χ3v) is 7.86. The van der Waals surface area contributed by atoms with E-state index in [1.165, 1.54) is 44.5 Å². The van der Waals surface area contributed by atoms with Crippen molar-refractivity contribution in [1.82, 2.24) is 4.98 Å². The molecule has 1 aliphatic carbocycles. The zero-order chi connectivity index (χ0) is 26.2. The smallest absolute Gasteiger partial charge is 0.101 e. The fraction of sp³-hybridized carbons (Fsp3) is 0.0270. The summed E-state index contributed by atoms with van der Waals surface area (Å²) >= 11 is 0. The van der Waals surface area contributed by atoms with Crippen molar-refractivity contribution < 1.29 is 0 Å². The molecule has 0 spiro atoms. The molecule has 182 valence electrons. The van der Waals surface area contributed by atoms with Crippen LogP contribution in [-0.2, 0) is 5.41 Å². The van der Waals surface area contributed by atoms with Gasteiger partial charge in [0.25, 0.3) is 0 Å². The summed E-state index contributed by atoms with van der Waals surface area (Å²) in [5.74, 6) is 0. The number of hydrogen-bond donors (Lipinski definition) is 0. The van der Waals surface area contributed by atoms with Gasteiger partial charge >= 0.3 is 0 Å². The quantitative estimate of drug-likeness (QED) is 0.244. The molecule has 0 fully saturated rings. The lowest BCUT2D eigenvalue weighted by Gasteiger charge is -2.34. The van der Waals surface area contributed by atoms with Crippen LogP contribution < -0.4 is 0 Å². The molecule has 39 heavy (non-hydrogen) atoms. The maximum absolute atomic E-state index is 9.46. The average Bonchev–Trinajstić information content (AvgIpc) is 3.32. The molecule has 2 heteroatoms. The first-order valence-electron chi connectivity index (χ1n) is 13.1. The van der Waals surface area contributed by atoms with E-state index in [9.17, 15) is 5.26 Å². The Morgan fingerprint density at radius 3 is 1.54 bits per heavy atom. The van der Waals surface area contributed by atoms with Crippen LogP contribution in [0.1, 0.15) is 27.8 Å². The Balaban J connectivity index is 1.56. The van der Waals surface area contributed by atoms with Crippen LogP contribution in [0.3, 0.4) is 0 Å². The number of benzene rings is 5. The largest absolute Gasteiger partial charge is 0.263 e. The highest BCUT2D eigenvalue weighted by atomic mass is 14.6. The monoisotopic (exact) mass is 496 g/mol. The van der Waals surface area contributed by atoms with Crippen molar-refractivity contribution in [3.05, 3.63) is 174 Å². The number of nitriles is 1. The number of pyridine rings is 1. The minimum atomic E-state index is -0.451. The van der Waals surface area contributed by atoms with Crippen molar-refractivity contribution in [2.75, 3.05) is 0 Å². The highest BCUT2D eigenvalue weighted by Crippen LogP contribution is 2.57. The van der Waals surface area contributed by atoms with Gasteiger partial charge in [-0.05, 0) is 68.3 Å². The molecule has 0 aliphatic heterocycles. The zero-order valence-electron chi connectivity index (χ0n) is 21.3. The highest BCUT2D eigenvalue weighted by molar-refractivity contribution is 5.91. The number of fused-ring (bicyclic) bond motifs is 3. The molecule has 1 aromatic heterocycles. The van der Waals surface area contributed by atoms with Crippen molar-refractivity contribution in [3.8, 4) is 39.4 Å². The fourth-order valence-electron chi connectivity index (χ4n) is 6.15. The van der Waals surface area contributed by atoms with Crippen LogP contribution in [0.15, 0.2) is 146 Å². The maximum Gasteiger partial charge on any atom is 0.101 e. The van der Waals surface area contributed by atoms with Crippen LogP contribution >= 0.6 is 0 Å². The van der Waals surface area contributed by atoms with Crippen LogP contribution in [0.4, 0.5) is 0 Å². The Hall–Kier alpha value is -5.26. The van der Waals surface area contributed by atoms with Crippen LogP contribution in [0.2, 0.25) is 0 Å². The average molecular weight is 497 g/mol. The predicted octanol–water partition coefficient (Wildman–Crippen LogP) is 8.65. The van der Waals surface area contributed by atoms with Crippen molar-refractivity contribution >= 4 is 0 Å². The van der Waals surface area contributed by atoms with Crippen molar-refractivity contribution in [1.29, 1.82) is 5.26 Å². The highest BCUT2D eigenvalue weighted by Gasteiger charge is 2.46. The number of nitrogens with zero attached hydrogens (tertiary/aromatic N) is 2. The van der Waals surface area contributed by atoms with Crippen LogP contribution in [-0.4, -0.2) is 4.98 Å². The Kier molecular flexibility index (Phi) is 5.43. The Morgan fingerprint density at radius 2 is 1.00 bits per heavy atom. The van der Waals surface area contributed by atoms with E-state index in [4.69, 9.17) is 0 Å². The topological polar surface area (TPSA) is 36.7 Å². The summed E-state index contributed by atoms with van der Waals surface area (Å²) in [6.45, 7) is 0. The minimum Gasteiger partial charge on any atom is -0.263 e. The second kappa shape index (κ2) is 9.24. The van der Waals surface area contributed by atoms with E-state index in [0.29, 0.717) is 5.56 Å². The standard InChI is InChI=1S/C37H24N2/c38-23-26-20-30(25-39-24-26)29-17-19-36-34(22-29)33-21-28(27-10-4-1-5-11-27)16-18-35(33)37(36,31-12-6-2-7-13-31)32-14-8-3-9-15-32/h1-22,24-25H. The first-order chi connectivity index (χ1) is 19.3. The van der Waals surface area contributed by atoms with Gasteiger partial charge in [-0.2, -0.15) is 5.26 Å². The lowest BCUT2D eigenvalue weighted by Crippen LogP contribution is -2.28. The molecule has 0 N–H and O–H groups in total. The second-order valence-corrected chi connectivity index (χ2v) is 9.94. The van der Waals surface area contributed by atoms with Gasteiger partial charge in [-0.25, -0.2) is 0 Å². The van der Waals surface area contributed by atoms with Gasteiger partial charge in [-0.1, -0.05) is 115 Å². The lowest BCUT2D eigenvalue weighted by molar-refractivity contribution is 0.768. The van der Waals surface area contributed by atoms with Crippen molar-refractivity contribution in [2.24, 2.45) is 0 Å². The fourth-order valence-corrected chi connectivity index (χ4v) is 6.15. The van der Waals surface area contributed by atoms with Crippen LogP contribution in [0.25, 0.3) is 33.4 Å². The molecule has 7 rings (SSSR count). The lowest BCUT2D eigenvalue weighted by atomic mass is 9.67. The van der Waals surface area contributed by atoms with Gasteiger partial charge in [0.05, 0.1) is 11.0 Å². The van der Waals surface area contributed by atoms with Gasteiger partial charge in [0.15, 0.2) is 0 Å². The van der Waals surface area contributed by atoms with Crippen molar-refractivity contribution in [3.63, 3.8) is 0 Å². The number of hydrogen-bond acceptors (Lipinski definition) is 2. The molecule has 0 saturated carbocycles. The Labute approximate surface area is 228 Å². The minimum absolute atomic E-state index is 0.451. The van der Waals surface area contributed by atoms with Gasteiger partial charge < -0.3 is 0 Å². The van der Waals surface area contributed by atoms with Crippen molar-refractivity contribution in [2.45, 2.75) is 5.41 Å². The van der Waals surface area contributed by atoms with Gasteiger partial charge in [-0.3, -0.25) is 4.98 Å². The predicted molar refractivity (Wildman–Crippen MR) is 157 cm³/mol. The third-order valence-electron chi connectivity index (χ3n) is 7.86. The molecule has 0 radical (unpaired) electrons. The summed E-state index contributed by atoms with van der Waals surface area (Å²) in [5, 5.41) is 9.46. The molecule has 0 bridgehead atoms. The normalized spacial score (nSPS) is 12.8. The van der Waals surface area contributed by atoms with E-state index in [1.807, 2.05) is 12.3 Å². The number of rotatable bonds is 4. The molecule has 0 unspecified atom stereocenters. The van der Waals surface area contributed by atoms with Crippen LogP contribution in [0, 0.1) is 11.3 Å². The summed E-state index contributed by atoms with van der Waals surface area (Å²) in [6.07, 6.45) is 3.44. The summed E-state index contributed by atoms with van der Waals surface area (Å²) in [4.78, 5) is 4.32. The first kappa shape index (κ1) is 22.9. The molecule has 0 saturated heterocycles. The molecule has 0 atom stereocenters. The molecule has 1 heterocycles. The van der Waals surface area contributed by atoms with Gasteiger partial charge in [0.1, 0.15) is 6.07 Å². The van der Waals surface area contributed by atoms with E-state index in [2.05, 4.69) is 138 Å². The Morgan fingerprint density at radius 1 is 0.487 bits per heavy atom. The van der Waals surface area contributed by atoms with Crippen LogP contribution in [0.5, 0.6) is 0 Å². The molecule has 5 aromatic carbocycles. The SMILES string of the molecule is N#Cc1cncc(-c2ccc3c(c2)-c2cc(-c4ccccc4)ccc2C3(c2ccccc2)c2ccccc2)c1. The van der Waals surface area contributed by atoms with E-state index in [0.717, 1.165) is 11.1 Å².